The molecule has 0 radical (unpaired) electrons. The van der Waals surface area contributed by atoms with Gasteiger partial charge in [0.05, 0.1) is 6.54 Å². The van der Waals surface area contributed by atoms with E-state index in [1.165, 1.54) is 6.07 Å². The number of nitrogens with one attached hydrogen (secondary N) is 1. The van der Waals surface area contributed by atoms with Gasteiger partial charge in [0.2, 0.25) is 0 Å². The second-order valence-corrected chi connectivity index (χ2v) is 4.03. The molecule has 1 aromatic heterocycles. The van der Waals surface area contributed by atoms with E-state index in [0.29, 0.717) is 18.3 Å². The van der Waals surface area contributed by atoms with Gasteiger partial charge in [-0.2, -0.15) is 0 Å². The van der Waals surface area contributed by atoms with E-state index in [4.69, 9.17) is 9.63 Å². The minimum atomic E-state index is -1.07. The Morgan fingerprint density at radius 3 is 2.88 bits per heavy atom. The number of carboxylic acids is 1. The molecule has 0 amide bonds. The summed E-state index contributed by atoms with van der Waals surface area (Å²) < 4.78 is 4.87. The van der Waals surface area contributed by atoms with Crippen LogP contribution in [0.2, 0.25) is 0 Å². The van der Waals surface area contributed by atoms with Gasteiger partial charge in [0.1, 0.15) is 0 Å². The fourth-order valence-electron chi connectivity index (χ4n) is 1.38. The Hall–Kier alpha value is -1.40. The van der Waals surface area contributed by atoms with Crippen molar-refractivity contribution >= 4 is 5.97 Å². The second kappa shape index (κ2) is 5.62. The molecule has 2 N–H and O–H groups in total. The number of hydrogen-bond donors (Lipinski definition) is 2. The Bertz CT molecular complexity index is 349. The zero-order valence-corrected chi connectivity index (χ0v) is 9.73. The van der Waals surface area contributed by atoms with Gasteiger partial charge in [0.25, 0.3) is 0 Å². The molecule has 0 spiro atoms. The molecule has 0 fully saturated rings. The molecular weight excluding hydrogens is 210 g/mol. The first kappa shape index (κ1) is 12.7. The van der Waals surface area contributed by atoms with Crippen molar-refractivity contribution in [3.8, 4) is 0 Å². The molecule has 16 heavy (non-hydrogen) atoms. The average molecular weight is 227 g/mol. The van der Waals surface area contributed by atoms with E-state index in [-0.39, 0.29) is 5.69 Å². The number of carbonyl (C=O) groups is 1. The predicted octanol–water partition coefficient (Wildman–Crippen LogP) is 0.412. The molecule has 0 saturated heterocycles. The van der Waals surface area contributed by atoms with Crippen LogP contribution in [0, 0.1) is 0 Å². The number of rotatable bonds is 6. The highest BCUT2D eigenvalue weighted by Crippen LogP contribution is 2.03. The molecule has 0 saturated carbocycles. The van der Waals surface area contributed by atoms with Crippen molar-refractivity contribution in [3.63, 3.8) is 0 Å². The monoisotopic (exact) mass is 227 g/mol. The number of aromatic carboxylic acids is 1. The van der Waals surface area contributed by atoms with Crippen molar-refractivity contribution in [1.29, 1.82) is 0 Å². The Morgan fingerprint density at radius 2 is 2.38 bits per heavy atom. The lowest BCUT2D eigenvalue weighted by Crippen LogP contribution is -2.35. The van der Waals surface area contributed by atoms with Crippen molar-refractivity contribution in [2.45, 2.75) is 19.5 Å². The first-order valence-electron chi connectivity index (χ1n) is 5.06. The van der Waals surface area contributed by atoms with Gasteiger partial charge < -0.3 is 19.8 Å². The number of hydrogen-bond acceptors (Lipinski definition) is 5. The highest BCUT2D eigenvalue weighted by molar-refractivity contribution is 5.85. The molecule has 0 aromatic carbocycles. The quantitative estimate of drug-likeness (QED) is 0.733. The van der Waals surface area contributed by atoms with Gasteiger partial charge >= 0.3 is 5.97 Å². The smallest absolute Gasteiger partial charge is 0.358 e. The molecule has 1 atom stereocenters. The molecule has 6 nitrogen and oxygen atoms in total. The first-order chi connectivity index (χ1) is 7.49. The van der Waals surface area contributed by atoms with Gasteiger partial charge in [-0.05, 0) is 21.0 Å². The predicted molar refractivity (Wildman–Crippen MR) is 58.3 cm³/mol. The molecule has 0 aliphatic rings. The lowest BCUT2D eigenvalue weighted by atomic mass is 10.3. The maximum atomic E-state index is 10.5. The van der Waals surface area contributed by atoms with Crippen LogP contribution in [0.5, 0.6) is 0 Å². The van der Waals surface area contributed by atoms with E-state index in [0.717, 1.165) is 6.54 Å². The van der Waals surface area contributed by atoms with E-state index in [9.17, 15) is 4.79 Å². The van der Waals surface area contributed by atoms with Crippen molar-refractivity contribution in [1.82, 2.24) is 15.4 Å². The largest absolute Gasteiger partial charge is 0.476 e. The van der Waals surface area contributed by atoms with Crippen LogP contribution >= 0.6 is 0 Å². The molecule has 0 aliphatic carbocycles. The maximum Gasteiger partial charge on any atom is 0.358 e. The molecule has 1 unspecified atom stereocenters. The van der Waals surface area contributed by atoms with E-state index in [1.54, 1.807) is 0 Å². The summed E-state index contributed by atoms with van der Waals surface area (Å²) in [4.78, 5) is 12.6. The number of aromatic nitrogens is 1. The van der Waals surface area contributed by atoms with Gasteiger partial charge in [-0.3, -0.25) is 0 Å². The van der Waals surface area contributed by atoms with Gasteiger partial charge in [0, 0.05) is 18.7 Å². The van der Waals surface area contributed by atoms with Crippen LogP contribution in [0.4, 0.5) is 0 Å². The normalized spacial score (nSPS) is 13.0. The van der Waals surface area contributed by atoms with Crippen molar-refractivity contribution < 1.29 is 14.4 Å². The van der Waals surface area contributed by atoms with Crippen molar-refractivity contribution in [2.75, 3.05) is 20.6 Å². The average Bonchev–Trinajstić information content (AvgIpc) is 2.61. The second-order valence-electron chi connectivity index (χ2n) is 4.03. The molecule has 6 heteroatoms. The number of carboxylic acid groups (broad SMARTS) is 1. The van der Waals surface area contributed by atoms with Gasteiger partial charge in [0.15, 0.2) is 11.5 Å². The fourth-order valence-corrected chi connectivity index (χ4v) is 1.38. The van der Waals surface area contributed by atoms with Crippen LogP contribution in [0.25, 0.3) is 0 Å². The molecule has 1 heterocycles. The summed E-state index contributed by atoms with van der Waals surface area (Å²) in [6, 6.07) is 1.73. The van der Waals surface area contributed by atoms with Crippen LogP contribution in [-0.2, 0) is 6.54 Å². The molecular formula is C10H17N3O3. The van der Waals surface area contributed by atoms with E-state index < -0.39 is 5.97 Å². The highest BCUT2D eigenvalue weighted by atomic mass is 16.5. The Labute approximate surface area is 94.2 Å². The Balaban J connectivity index is 2.39. The molecule has 90 valence electrons. The van der Waals surface area contributed by atoms with Crippen molar-refractivity contribution in [2.24, 2.45) is 0 Å². The van der Waals surface area contributed by atoms with Gasteiger partial charge in [-0.15, -0.1) is 0 Å². The molecule has 0 bridgehead atoms. The topological polar surface area (TPSA) is 78.6 Å². The van der Waals surface area contributed by atoms with Gasteiger partial charge in [-0.25, -0.2) is 4.79 Å². The summed E-state index contributed by atoms with van der Waals surface area (Å²) in [5.74, 6) is -0.542. The minimum absolute atomic E-state index is 0.0583. The lowest BCUT2D eigenvalue weighted by Gasteiger charge is -2.17. The minimum Gasteiger partial charge on any atom is -0.476 e. The molecule has 1 aromatic rings. The lowest BCUT2D eigenvalue weighted by molar-refractivity contribution is 0.0685. The van der Waals surface area contributed by atoms with Crippen LogP contribution in [0.3, 0.4) is 0 Å². The third-order valence-electron chi connectivity index (χ3n) is 2.04. The fraction of sp³-hybridized carbons (Fsp3) is 0.600. The third-order valence-corrected chi connectivity index (χ3v) is 2.04. The van der Waals surface area contributed by atoms with E-state index in [1.807, 2.05) is 14.1 Å². The summed E-state index contributed by atoms with van der Waals surface area (Å²) in [7, 11) is 3.99. The Kier molecular flexibility index (Phi) is 4.45. The summed E-state index contributed by atoms with van der Waals surface area (Å²) in [5.41, 5.74) is -0.0583. The molecule has 0 aliphatic heterocycles. The van der Waals surface area contributed by atoms with Crippen LogP contribution in [0.1, 0.15) is 23.2 Å². The highest BCUT2D eigenvalue weighted by Gasteiger charge is 2.11. The zero-order chi connectivity index (χ0) is 12.1. The summed E-state index contributed by atoms with van der Waals surface area (Å²) in [6.45, 7) is 3.43. The summed E-state index contributed by atoms with van der Waals surface area (Å²) in [5, 5.41) is 15.3. The van der Waals surface area contributed by atoms with E-state index in [2.05, 4.69) is 22.3 Å². The van der Waals surface area contributed by atoms with Gasteiger partial charge in [-0.1, -0.05) is 5.16 Å². The van der Waals surface area contributed by atoms with Crippen LogP contribution < -0.4 is 5.32 Å². The number of nitrogens with zero attached hydrogens (tertiary/aromatic N) is 2. The number of likely N-dealkylation sites (N-methyl/N-ethyl adjacent to an activating group) is 1. The Morgan fingerprint density at radius 1 is 1.69 bits per heavy atom. The maximum absolute atomic E-state index is 10.5. The van der Waals surface area contributed by atoms with Crippen LogP contribution in [0.15, 0.2) is 10.6 Å². The van der Waals surface area contributed by atoms with Crippen molar-refractivity contribution in [3.05, 3.63) is 17.5 Å². The van der Waals surface area contributed by atoms with Crippen LogP contribution in [-0.4, -0.2) is 47.8 Å². The molecule has 1 rings (SSSR count). The van der Waals surface area contributed by atoms with E-state index >= 15 is 0 Å². The standard InChI is InChI=1S/C10H17N3O3/c1-7(6-13(2)3)11-5-8-4-9(10(14)15)12-16-8/h4,7,11H,5-6H2,1-3H3,(H,14,15). The first-order valence-corrected chi connectivity index (χ1v) is 5.06. The summed E-state index contributed by atoms with van der Waals surface area (Å²) >= 11 is 0. The SMILES string of the molecule is CC(CN(C)C)NCc1cc(C(=O)O)no1. The zero-order valence-electron chi connectivity index (χ0n) is 9.73. The summed E-state index contributed by atoms with van der Waals surface area (Å²) in [6.07, 6.45) is 0. The third kappa shape index (κ3) is 4.00.